The van der Waals surface area contributed by atoms with Crippen LogP contribution in [0.4, 0.5) is 11.4 Å². The lowest BCUT2D eigenvalue weighted by molar-refractivity contribution is -0.384. The van der Waals surface area contributed by atoms with Crippen molar-refractivity contribution in [1.29, 1.82) is 0 Å². The molecule has 0 saturated heterocycles. The van der Waals surface area contributed by atoms with E-state index < -0.39 is 10.8 Å². The van der Waals surface area contributed by atoms with Gasteiger partial charge in [-0.25, -0.2) is 0 Å². The second kappa shape index (κ2) is 7.92. The first-order valence-electron chi connectivity index (χ1n) is 7.68. The fourth-order valence-electron chi connectivity index (χ4n) is 2.18. The second-order valence-electron chi connectivity index (χ2n) is 5.42. The predicted molar refractivity (Wildman–Crippen MR) is 99.9 cm³/mol. The molecule has 0 aliphatic rings. The fraction of sp³-hybridized carbons (Fsp3) is 0.0556. The van der Waals surface area contributed by atoms with Crippen molar-refractivity contribution in [3.63, 3.8) is 0 Å². The molecule has 138 valence electrons. The van der Waals surface area contributed by atoms with Crippen LogP contribution >= 0.6 is 15.9 Å². The zero-order chi connectivity index (χ0) is 19.4. The van der Waals surface area contributed by atoms with Crippen LogP contribution in [-0.2, 0) is 6.61 Å². The van der Waals surface area contributed by atoms with Crippen molar-refractivity contribution in [3.8, 4) is 11.5 Å². The highest BCUT2D eigenvalue weighted by molar-refractivity contribution is 9.10. The number of nitrogens with one attached hydrogen (secondary N) is 1. The molecule has 1 aromatic heterocycles. The molecule has 3 rings (SSSR count). The predicted octanol–water partition coefficient (Wildman–Crippen LogP) is 4.49. The van der Waals surface area contributed by atoms with Gasteiger partial charge in [0.15, 0.2) is 5.76 Å². The Bertz CT molecular complexity index is 984. The number of carbonyl (C=O) groups is 1. The Morgan fingerprint density at radius 3 is 2.63 bits per heavy atom. The largest absolute Gasteiger partial charge is 0.506 e. The van der Waals surface area contributed by atoms with E-state index in [0.29, 0.717) is 11.5 Å². The summed E-state index contributed by atoms with van der Waals surface area (Å²) >= 11 is 3.33. The molecule has 0 bridgehead atoms. The molecule has 2 N–H and O–H groups in total. The average molecular weight is 433 g/mol. The lowest BCUT2D eigenvalue weighted by atomic mass is 10.2. The minimum Gasteiger partial charge on any atom is -0.506 e. The zero-order valence-corrected chi connectivity index (χ0v) is 15.3. The number of rotatable bonds is 6. The van der Waals surface area contributed by atoms with Crippen LogP contribution in [0.2, 0.25) is 0 Å². The summed E-state index contributed by atoms with van der Waals surface area (Å²) in [5, 5.41) is 22.9. The van der Waals surface area contributed by atoms with Gasteiger partial charge >= 0.3 is 0 Å². The lowest BCUT2D eigenvalue weighted by Crippen LogP contribution is -2.11. The third-order valence-electron chi connectivity index (χ3n) is 3.52. The molecule has 3 aromatic rings. The third-order valence-corrected chi connectivity index (χ3v) is 4.05. The molecule has 2 aromatic carbocycles. The first kappa shape index (κ1) is 18.5. The molecular weight excluding hydrogens is 420 g/mol. The number of nitrogens with zero attached hydrogens (tertiary/aromatic N) is 1. The van der Waals surface area contributed by atoms with Crippen LogP contribution in [0.1, 0.15) is 16.3 Å². The van der Waals surface area contributed by atoms with Gasteiger partial charge in [-0.05, 0) is 42.5 Å². The Hall–Kier alpha value is -3.33. The van der Waals surface area contributed by atoms with Crippen LogP contribution in [0.25, 0.3) is 0 Å². The SMILES string of the molecule is O=C(Nc1cc([N+](=O)[O-])ccc1O)c1ccc(COc2ccc(Br)cc2)o1. The number of carbonyl (C=O) groups excluding carboxylic acids is 1. The summed E-state index contributed by atoms with van der Waals surface area (Å²) < 4.78 is 11.9. The number of nitro groups is 1. The van der Waals surface area contributed by atoms with Gasteiger partial charge in [-0.2, -0.15) is 0 Å². The second-order valence-corrected chi connectivity index (χ2v) is 6.34. The molecule has 0 aliphatic heterocycles. The van der Waals surface area contributed by atoms with Crippen molar-refractivity contribution < 1.29 is 24.0 Å². The lowest BCUT2D eigenvalue weighted by Gasteiger charge is -2.06. The van der Waals surface area contributed by atoms with Gasteiger partial charge in [0.25, 0.3) is 11.6 Å². The summed E-state index contributed by atoms with van der Waals surface area (Å²) in [7, 11) is 0. The number of nitro benzene ring substituents is 1. The number of phenolic OH excluding ortho intramolecular Hbond substituents is 1. The number of hydrogen-bond donors (Lipinski definition) is 2. The number of halogens is 1. The van der Waals surface area contributed by atoms with Crippen LogP contribution in [0.15, 0.2) is 63.5 Å². The Labute approximate surface area is 161 Å². The van der Waals surface area contributed by atoms with E-state index in [2.05, 4.69) is 21.2 Å². The van der Waals surface area contributed by atoms with Crippen LogP contribution in [0, 0.1) is 10.1 Å². The van der Waals surface area contributed by atoms with Crippen molar-refractivity contribution in [2.24, 2.45) is 0 Å². The van der Waals surface area contributed by atoms with Crippen molar-refractivity contribution in [2.75, 3.05) is 5.32 Å². The van der Waals surface area contributed by atoms with Gasteiger partial charge in [0, 0.05) is 16.6 Å². The first-order chi connectivity index (χ1) is 12.9. The van der Waals surface area contributed by atoms with E-state index in [4.69, 9.17) is 9.15 Å². The minimum atomic E-state index is -0.652. The van der Waals surface area contributed by atoms with Crippen molar-refractivity contribution in [2.45, 2.75) is 6.61 Å². The van der Waals surface area contributed by atoms with Gasteiger partial charge in [0.05, 0.1) is 10.6 Å². The number of aromatic hydroxyl groups is 1. The Balaban J connectivity index is 1.65. The van der Waals surface area contributed by atoms with E-state index in [1.807, 2.05) is 12.1 Å². The van der Waals surface area contributed by atoms with Crippen molar-refractivity contribution in [3.05, 3.63) is 80.7 Å². The van der Waals surface area contributed by atoms with Crippen LogP contribution in [0.3, 0.4) is 0 Å². The fourth-order valence-corrected chi connectivity index (χ4v) is 2.45. The van der Waals surface area contributed by atoms with Gasteiger partial charge in [-0.15, -0.1) is 0 Å². The quantitative estimate of drug-likeness (QED) is 0.336. The molecule has 0 atom stereocenters. The summed E-state index contributed by atoms with van der Waals surface area (Å²) in [6.45, 7) is 0.122. The number of phenols is 1. The normalized spacial score (nSPS) is 10.4. The summed E-state index contributed by atoms with van der Waals surface area (Å²) in [6.07, 6.45) is 0. The van der Waals surface area contributed by atoms with E-state index in [1.165, 1.54) is 6.07 Å². The van der Waals surface area contributed by atoms with Crippen LogP contribution in [-0.4, -0.2) is 15.9 Å². The number of benzene rings is 2. The highest BCUT2D eigenvalue weighted by Crippen LogP contribution is 2.28. The van der Waals surface area contributed by atoms with Crippen LogP contribution in [0.5, 0.6) is 11.5 Å². The zero-order valence-electron chi connectivity index (χ0n) is 13.7. The van der Waals surface area contributed by atoms with Gasteiger partial charge in [0.1, 0.15) is 23.9 Å². The molecule has 27 heavy (non-hydrogen) atoms. The van der Waals surface area contributed by atoms with Gasteiger partial charge < -0.3 is 19.6 Å². The van der Waals surface area contributed by atoms with Crippen LogP contribution < -0.4 is 10.1 Å². The first-order valence-corrected chi connectivity index (χ1v) is 8.47. The van der Waals surface area contributed by atoms with E-state index in [-0.39, 0.29) is 29.5 Å². The molecule has 0 spiro atoms. The Morgan fingerprint density at radius 1 is 1.19 bits per heavy atom. The number of furan rings is 1. The van der Waals surface area contributed by atoms with Crippen molar-refractivity contribution >= 4 is 33.2 Å². The molecule has 0 saturated carbocycles. The molecule has 0 aliphatic carbocycles. The molecular formula is C18H13BrN2O6. The monoisotopic (exact) mass is 432 g/mol. The number of hydrogen-bond acceptors (Lipinski definition) is 6. The highest BCUT2D eigenvalue weighted by Gasteiger charge is 2.16. The van der Waals surface area contributed by atoms with Gasteiger partial charge in [0.2, 0.25) is 0 Å². The number of anilines is 1. The maximum atomic E-state index is 12.2. The minimum absolute atomic E-state index is 0.0182. The number of non-ortho nitro benzene ring substituents is 1. The number of amides is 1. The molecule has 0 unspecified atom stereocenters. The van der Waals surface area contributed by atoms with E-state index >= 15 is 0 Å². The third kappa shape index (κ3) is 4.64. The molecule has 0 fully saturated rings. The summed E-state index contributed by atoms with van der Waals surface area (Å²) in [5.41, 5.74) is -0.343. The standard InChI is InChI=1S/C18H13BrN2O6/c19-11-1-4-13(5-2-11)26-10-14-6-8-17(27-14)18(23)20-15-9-12(21(24)25)3-7-16(15)22/h1-9,22H,10H2,(H,20,23). The Morgan fingerprint density at radius 2 is 1.93 bits per heavy atom. The highest BCUT2D eigenvalue weighted by atomic mass is 79.9. The summed E-state index contributed by atoms with van der Waals surface area (Å²) in [6, 6.07) is 13.6. The molecule has 0 radical (unpaired) electrons. The maximum Gasteiger partial charge on any atom is 0.291 e. The van der Waals surface area contributed by atoms with E-state index in [0.717, 1.165) is 22.7 Å². The maximum absolute atomic E-state index is 12.2. The van der Waals surface area contributed by atoms with E-state index in [1.54, 1.807) is 18.2 Å². The molecule has 1 heterocycles. The van der Waals surface area contributed by atoms with Gasteiger partial charge in [-0.1, -0.05) is 15.9 Å². The van der Waals surface area contributed by atoms with Crippen molar-refractivity contribution in [1.82, 2.24) is 0 Å². The number of ether oxygens (including phenoxy) is 1. The average Bonchev–Trinajstić information content (AvgIpc) is 3.12. The van der Waals surface area contributed by atoms with Gasteiger partial charge in [-0.3, -0.25) is 14.9 Å². The Kier molecular flexibility index (Phi) is 5.41. The molecule has 9 heteroatoms. The topological polar surface area (TPSA) is 115 Å². The van der Waals surface area contributed by atoms with E-state index in [9.17, 15) is 20.0 Å². The molecule has 8 nitrogen and oxygen atoms in total. The molecule has 1 amide bonds. The summed E-state index contributed by atoms with van der Waals surface area (Å²) in [5.74, 6) is 0.101. The summed E-state index contributed by atoms with van der Waals surface area (Å²) in [4.78, 5) is 22.4. The smallest absolute Gasteiger partial charge is 0.291 e.